The van der Waals surface area contributed by atoms with Gasteiger partial charge < -0.3 is 9.47 Å². The van der Waals surface area contributed by atoms with E-state index in [0.717, 1.165) is 16.7 Å². The van der Waals surface area contributed by atoms with Crippen LogP contribution in [0.4, 0.5) is 0 Å². The highest BCUT2D eigenvalue weighted by Gasteiger charge is 2.50. The predicted octanol–water partition coefficient (Wildman–Crippen LogP) is 4.34. The summed E-state index contributed by atoms with van der Waals surface area (Å²) in [5.41, 5.74) is 5.72. The SMILES string of the molecule is C[C@H]1O[C@@H](C2=C=CC=C2)OC1(c1ccccc1)c1ccccc1. The number of hydrogen-bond donors (Lipinski definition) is 0. The number of rotatable bonds is 3. The summed E-state index contributed by atoms with van der Waals surface area (Å²) in [7, 11) is 0. The smallest absolute Gasteiger partial charge is 0.193 e. The fourth-order valence-electron chi connectivity index (χ4n) is 3.34. The van der Waals surface area contributed by atoms with Crippen LogP contribution in [0.15, 0.2) is 90.2 Å². The van der Waals surface area contributed by atoms with Crippen molar-refractivity contribution >= 4 is 0 Å². The van der Waals surface area contributed by atoms with Crippen molar-refractivity contribution in [3.8, 4) is 0 Å². The molecule has 2 nitrogen and oxygen atoms in total. The topological polar surface area (TPSA) is 18.5 Å². The molecule has 1 aliphatic heterocycles. The van der Waals surface area contributed by atoms with E-state index in [9.17, 15) is 0 Å². The zero-order valence-corrected chi connectivity index (χ0v) is 13.0. The fraction of sp³-hybridized carbons (Fsp3) is 0.190. The summed E-state index contributed by atoms with van der Waals surface area (Å²) in [5, 5.41) is 0. The zero-order chi connectivity index (χ0) is 15.7. The van der Waals surface area contributed by atoms with E-state index in [1.54, 1.807) is 0 Å². The van der Waals surface area contributed by atoms with Gasteiger partial charge in [0.15, 0.2) is 6.29 Å². The van der Waals surface area contributed by atoms with Crippen molar-refractivity contribution in [1.29, 1.82) is 0 Å². The molecule has 1 fully saturated rings. The molecule has 2 heteroatoms. The quantitative estimate of drug-likeness (QED) is 0.785. The normalized spacial score (nSPS) is 24.8. The Bertz CT molecular complexity index is 744. The molecular weight excluding hydrogens is 284 g/mol. The van der Waals surface area contributed by atoms with E-state index >= 15 is 0 Å². The predicted molar refractivity (Wildman–Crippen MR) is 89.8 cm³/mol. The van der Waals surface area contributed by atoms with Crippen molar-refractivity contribution in [2.24, 2.45) is 0 Å². The Hall–Kier alpha value is -2.38. The highest BCUT2D eigenvalue weighted by molar-refractivity contribution is 5.40. The first kappa shape index (κ1) is 14.2. The number of hydrogen-bond acceptors (Lipinski definition) is 2. The maximum atomic E-state index is 6.52. The van der Waals surface area contributed by atoms with Crippen LogP contribution in [-0.2, 0) is 15.1 Å². The van der Waals surface area contributed by atoms with E-state index in [0.29, 0.717) is 0 Å². The van der Waals surface area contributed by atoms with Gasteiger partial charge in [0.2, 0.25) is 0 Å². The Morgan fingerprint density at radius 1 is 0.913 bits per heavy atom. The van der Waals surface area contributed by atoms with Gasteiger partial charge in [0.1, 0.15) is 5.60 Å². The molecule has 2 aromatic carbocycles. The Kier molecular flexibility index (Phi) is 3.51. The second-order valence-electron chi connectivity index (χ2n) is 5.82. The highest BCUT2D eigenvalue weighted by atomic mass is 16.7. The molecule has 2 aromatic rings. The van der Waals surface area contributed by atoms with E-state index in [4.69, 9.17) is 9.47 Å². The Balaban J connectivity index is 1.84. The van der Waals surface area contributed by atoms with Gasteiger partial charge in [-0.2, -0.15) is 0 Å². The lowest BCUT2D eigenvalue weighted by atomic mass is 9.82. The van der Waals surface area contributed by atoms with Gasteiger partial charge in [-0.05, 0) is 30.2 Å². The van der Waals surface area contributed by atoms with Gasteiger partial charge in [-0.15, -0.1) is 5.73 Å². The molecule has 0 N–H and O–H groups in total. The van der Waals surface area contributed by atoms with Crippen molar-refractivity contribution in [1.82, 2.24) is 0 Å². The van der Waals surface area contributed by atoms with Crippen LogP contribution in [0.1, 0.15) is 18.1 Å². The number of allylic oxidation sites excluding steroid dienone is 1. The lowest BCUT2D eigenvalue weighted by molar-refractivity contribution is -0.0518. The van der Waals surface area contributed by atoms with Gasteiger partial charge in [-0.3, -0.25) is 0 Å². The Morgan fingerprint density at radius 3 is 2.04 bits per heavy atom. The first-order valence-electron chi connectivity index (χ1n) is 7.88. The lowest BCUT2D eigenvalue weighted by Gasteiger charge is -2.32. The molecule has 1 aliphatic carbocycles. The van der Waals surface area contributed by atoms with E-state index in [2.05, 4.69) is 36.9 Å². The minimum absolute atomic E-state index is 0.111. The standard InChI is InChI=1S/C21H18O2/c1-16-21(18-12-4-2-5-13-18,19-14-6-3-7-15-19)23-20(22-16)17-10-8-9-11-17/h2-10,12-16,20H,1H3/t16-,20-/m1/s1. The molecular formula is C21H18O2. The highest BCUT2D eigenvalue weighted by Crippen LogP contribution is 2.46. The second kappa shape index (κ2) is 5.68. The summed E-state index contributed by atoms with van der Waals surface area (Å²) in [4.78, 5) is 0. The van der Waals surface area contributed by atoms with Crippen LogP contribution in [0.3, 0.4) is 0 Å². The summed E-state index contributed by atoms with van der Waals surface area (Å²) in [6.45, 7) is 2.07. The second-order valence-corrected chi connectivity index (χ2v) is 5.82. The van der Waals surface area contributed by atoms with Gasteiger partial charge >= 0.3 is 0 Å². The molecule has 114 valence electrons. The molecule has 2 atom stereocenters. The van der Waals surface area contributed by atoms with E-state index < -0.39 is 11.9 Å². The maximum Gasteiger partial charge on any atom is 0.193 e. The van der Waals surface area contributed by atoms with Crippen molar-refractivity contribution in [2.75, 3.05) is 0 Å². The van der Waals surface area contributed by atoms with Crippen LogP contribution in [0.5, 0.6) is 0 Å². The van der Waals surface area contributed by atoms with Crippen molar-refractivity contribution in [3.05, 3.63) is 101 Å². The van der Waals surface area contributed by atoms with E-state index in [1.807, 2.05) is 54.6 Å². The van der Waals surface area contributed by atoms with E-state index in [-0.39, 0.29) is 6.10 Å². The van der Waals surface area contributed by atoms with Crippen LogP contribution >= 0.6 is 0 Å². The Morgan fingerprint density at radius 2 is 1.52 bits per heavy atom. The maximum absolute atomic E-state index is 6.52. The molecule has 4 rings (SSSR count). The first-order chi connectivity index (χ1) is 11.3. The monoisotopic (exact) mass is 302 g/mol. The molecule has 0 bridgehead atoms. The number of benzene rings is 2. The molecule has 1 saturated heterocycles. The summed E-state index contributed by atoms with van der Waals surface area (Å²) >= 11 is 0. The zero-order valence-electron chi connectivity index (χ0n) is 13.0. The van der Waals surface area contributed by atoms with Crippen LogP contribution < -0.4 is 0 Å². The number of ether oxygens (including phenoxy) is 2. The van der Waals surface area contributed by atoms with Gasteiger partial charge in [0.05, 0.1) is 6.10 Å². The van der Waals surface area contributed by atoms with Crippen molar-refractivity contribution in [3.63, 3.8) is 0 Å². The van der Waals surface area contributed by atoms with Crippen LogP contribution in [-0.4, -0.2) is 12.4 Å². The largest absolute Gasteiger partial charge is 0.341 e. The lowest BCUT2D eigenvalue weighted by Crippen LogP contribution is -2.36. The van der Waals surface area contributed by atoms with E-state index in [1.165, 1.54) is 0 Å². The molecule has 2 aliphatic rings. The average molecular weight is 302 g/mol. The molecule has 23 heavy (non-hydrogen) atoms. The van der Waals surface area contributed by atoms with Crippen LogP contribution in [0.2, 0.25) is 0 Å². The van der Waals surface area contributed by atoms with Crippen LogP contribution in [0, 0.1) is 0 Å². The minimum atomic E-state index is -0.613. The third kappa shape index (κ3) is 2.29. The molecule has 0 spiro atoms. The fourth-order valence-corrected chi connectivity index (χ4v) is 3.34. The summed E-state index contributed by atoms with van der Waals surface area (Å²) < 4.78 is 12.7. The van der Waals surface area contributed by atoms with Gasteiger partial charge in [0, 0.05) is 5.57 Å². The molecule has 0 unspecified atom stereocenters. The minimum Gasteiger partial charge on any atom is -0.341 e. The first-order valence-corrected chi connectivity index (χ1v) is 7.88. The molecule has 0 radical (unpaired) electrons. The Labute approximate surface area is 136 Å². The third-order valence-electron chi connectivity index (χ3n) is 4.47. The summed E-state index contributed by atoms with van der Waals surface area (Å²) in [5.74, 6) is 0. The summed E-state index contributed by atoms with van der Waals surface area (Å²) in [6, 6.07) is 20.6. The average Bonchev–Trinajstić information content (AvgIpc) is 3.25. The van der Waals surface area contributed by atoms with Gasteiger partial charge in [-0.1, -0.05) is 66.7 Å². The van der Waals surface area contributed by atoms with Gasteiger partial charge in [-0.25, -0.2) is 0 Å². The molecule has 0 amide bonds. The van der Waals surface area contributed by atoms with Crippen molar-refractivity contribution < 1.29 is 9.47 Å². The molecule has 1 heterocycles. The molecule has 0 saturated carbocycles. The summed E-state index contributed by atoms with van der Waals surface area (Å²) in [6.07, 6.45) is 5.32. The third-order valence-corrected chi connectivity index (χ3v) is 4.47. The van der Waals surface area contributed by atoms with Crippen molar-refractivity contribution in [2.45, 2.75) is 24.9 Å². The molecule has 0 aromatic heterocycles. The van der Waals surface area contributed by atoms with Crippen LogP contribution in [0.25, 0.3) is 0 Å². The van der Waals surface area contributed by atoms with Gasteiger partial charge in [0.25, 0.3) is 0 Å².